The van der Waals surface area contributed by atoms with Gasteiger partial charge in [-0.2, -0.15) is 5.47 Å². The van der Waals surface area contributed by atoms with Crippen molar-refractivity contribution < 1.29 is 65.9 Å². The fraction of sp³-hybridized carbons (Fsp3) is 0.132. The van der Waals surface area contributed by atoms with Gasteiger partial charge in [-0.3, -0.25) is 0 Å². The summed E-state index contributed by atoms with van der Waals surface area (Å²) in [5, 5.41) is 0. The lowest BCUT2D eigenvalue weighted by Crippen LogP contribution is -2.65. The molecule has 0 spiro atoms. The minimum atomic E-state index is -5.73. The predicted molar refractivity (Wildman–Crippen MR) is 182 cm³/mol. The lowest BCUT2D eigenvalue weighted by atomic mass is 9.15. The Morgan fingerprint density at radius 1 is 0.518 bits per heavy atom. The van der Waals surface area contributed by atoms with Crippen molar-refractivity contribution in [2.75, 3.05) is 6.54 Å². The topological polar surface area (TPSA) is 4.36 Å². The molecule has 0 fully saturated rings. The summed E-state index contributed by atoms with van der Waals surface area (Å²) < 4.78 is 234. The number of benzene rings is 5. The Balaban J connectivity index is 2.27. The first kappa shape index (κ1) is 41.8. The van der Waals surface area contributed by atoms with Gasteiger partial charge in [-0.15, -0.1) is 27.5 Å². The molecule has 18 heteroatoms. The average Bonchev–Trinajstić information content (AvgIpc) is 3.20. The summed E-state index contributed by atoms with van der Waals surface area (Å²) in [5.41, 5.74) is -9.46. The summed E-state index contributed by atoms with van der Waals surface area (Å²) in [6, 6.07) is 13.1. The first-order chi connectivity index (χ1) is 26.5. The molecular weight excluding hydrogens is 798 g/mol. The number of thioether (sulfide) groups is 1. The number of nitrogens with zero attached hydrogens (tertiary/aromatic N) is 1. The van der Waals surface area contributed by atoms with Crippen LogP contribution in [0.15, 0.2) is 60.7 Å². The standard InChI is InChI=1S/C38H21BF15NS/c1-2-3-14-55-16-39(21-25(42)31(48)36(53)32(49)26(21)43,22-27(44)33(50)37(54)34(51)28(22)45)20(19-23(40)29(46)35(52)30(47)24(19)41)38(18-12-8-5-9-13-18)56-15-17-10-6-4-7-11-17/h4-13H,2-3,14-15H2,1H3/b38-20-. The summed E-state index contributed by atoms with van der Waals surface area (Å²) in [7, 11) is 0. The Hall–Kier alpha value is -5.31. The highest BCUT2D eigenvalue weighted by Crippen LogP contribution is 2.46. The number of rotatable bonds is 10. The lowest BCUT2D eigenvalue weighted by Gasteiger charge is -2.39. The average molecular weight is 819 g/mol. The molecule has 0 unspecified atom stereocenters. The van der Waals surface area contributed by atoms with Gasteiger partial charge in [0.2, 0.25) is 5.82 Å². The largest absolute Gasteiger partial charge is 0.258 e. The Kier molecular flexibility index (Phi) is 12.6. The number of halogens is 15. The van der Waals surface area contributed by atoms with Gasteiger partial charge in [0.1, 0.15) is 23.3 Å². The smallest absolute Gasteiger partial charge is 0.207 e. The van der Waals surface area contributed by atoms with E-state index in [0.717, 1.165) is 12.1 Å². The Labute approximate surface area is 312 Å². The van der Waals surface area contributed by atoms with Gasteiger partial charge in [0.05, 0.1) is 5.97 Å². The Morgan fingerprint density at radius 2 is 0.893 bits per heavy atom. The van der Waals surface area contributed by atoms with Crippen LogP contribution >= 0.6 is 11.8 Å². The van der Waals surface area contributed by atoms with Crippen LogP contribution in [0, 0.1) is 93.2 Å². The zero-order valence-corrected chi connectivity index (χ0v) is 29.0. The lowest BCUT2D eigenvalue weighted by molar-refractivity contribution is 0.376. The van der Waals surface area contributed by atoms with Crippen molar-refractivity contribution in [2.45, 2.75) is 25.5 Å². The molecule has 56 heavy (non-hydrogen) atoms. The molecule has 0 aliphatic heterocycles. The summed E-state index contributed by atoms with van der Waals surface area (Å²) >= 11 is 0.299. The molecule has 0 heterocycles. The molecule has 292 valence electrons. The van der Waals surface area contributed by atoms with Crippen molar-refractivity contribution in [1.29, 1.82) is 0 Å². The molecule has 5 aromatic carbocycles. The second-order valence-corrected chi connectivity index (χ2v) is 13.0. The van der Waals surface area contributed by atoms with Crippen LogP contribution in [0.5, 0.6) is 0 Å². The number of hydrogen-bond acceptors (Lipinski definition) is 1. The highest BCUT2D eigenvalue weighted by Gasteiger charge is 2.52. The molecule has 0 aromatic heterocycles. The first-order valence-corrected chi connectivity index (χ1v) is 17.1. The van der Waals surface area contributed by atoms with Crippen LogP contribution in [0.3, 0.4) is 0 Å². The summed E-state index contributed by atoms with van der Waals surface area (Å²) in [6.45, 7) is 0.864. The van der Waals surface area contributed by atoms with Crippen LogP contribution in [0.1, 0.15) is 36.5 Å². The second kappa shape index (κ2) is 16.8. The van der Waals surface area contributed by atoms with E-state index in [9.17, 15) is 13.2 Å². The summed E-state index contributed by atoms with van der Waals surface area (Å²) in [4.78, 5) is 2.69. The minimum absolute atomic E-state index is 0.0801. The minimum Gasteiger partial charge on any atom is -0.207 e. The molecule has 5 aromatic rings. The third kappa shape index (κ3) is 7.12. The third-order valence-corrected chi connectivity index (χ3v) is 9.90. The first-order valence-electron chi connectivity index (χ1n) is 16.2. The van der Waals surface area contributed by atoms with Gasteiger partial charge < -0.3 is 0 Å². The summed E-state index contributed by atoms with van der Waals surface area (Å²) in [5.74, 6) is -42.6. The van der Waals surface area contributed by atoms with E-state index < -0.39 is 138 Å². The van der Waals surface area contributed by atoms with E-state index in [1.165, 1.54) is 55.5 Å². The van der Waals surface area contributed by atoms with Crippen LogP contribution in [-0.2, 0) is 5.75 Å². The van der Waals surface area contributed by atoms with Crippen molar-refractivity contribution in [1.82, 2.24) is 0 Å². The molecule has 5 rings (SSSR count). The van der Waals surface area contributed by atoms with Crippen molar-refractivity contribution in [3.8, 4) is 5.97 Å². The Morgan fingerprint density at radius 3 is 1.30 bits per heavy atom. The van der Waals surface area contributed by atoms with E-state index in [1.54, 1.807) is 5.97 Å². The maximum absolute atomic E-state index is 16.4. The number of hydrogen-bond donors (Lipinski definition) is 0. The maximum Gasteiger partial charge on any atom is 0.258 e. The van der Waals surface area contributed by atoms with Gasteiger partial charge in [0, 0.05) is 17.7 Å². The molecule has 0 saturated carbocycles. The Bertz CT molecular complexity index is 2270. The quantitative estimate of drug-likeness (QED) is 0.0339. The molecular formula is C38H21BF15NS. The van der Waals surface area contributed by atoms with E-state index in [4.69, 9.17) is 0 Å². The van der Waals surface area contributed by atoms with E-state index in [2.05, 4.69) is 4.85 Å². The highest BCUT2D eigenvalue weighted by atomic mass is 32.2. The molecule has 0 saturated heterocycles. The SMILES string of the molecule is CCCC[N+]#C[B-](/C(=C(\SCc1ccccc1)c1ccccc1)c1c(F)c(F)c(F)c(F)c1F)(c1c(F)c(F)c(F)c(F)c1F)c1c(F)c(F)c(F)c(F)c1F. The van der Waals surface area contributed by atoms with Crippen LogP contribution in [0.4, 0.5) is 65.9 Å². The van der Waals surface area contributed by atoms with Gasteiger partial charge in [-0.25, -0.2) is 65.9 Å². The molecule has 0 amide bonds. The van der Waals surface area contributed by atoms with Gasteiger partial charge in [-0.05, 0) is 22.5 Å². The normalized spacial score (nSPS) is 12.1. The van der Waals surface area contributed by atoms with E-state index in [-0.39, 0.29) is 18.4 Å². The monoisotopic (exact) mass is 819 g/mol. The van der Waals surface area contributed by atoms with Crippen LogP contribution in [-0.4, -0.2) is 12.7 Å². The zero-order chi connectivity index (χ0) is 41.2. The molecule has 0 N–H and O–H groups in total. The van der Waals surface area contributed by atoms with Gasteiger partial charge in [-0.1, -0.05) is 67.6 Å². The van der Waals surface area contributed by atoms with Crippen LogP contribution in [0.2, 0.25) is 0 Å². The fourth-order valence-electron chi connectivity index (χ4n) is 6.07. The maximum atomic E-state index is 16.4. The van der Waals surface area contributed by atoms with E-state index in [0.29, 0.717) is 11.8 Å². The molecule has 0 aliphatic carbocycles. The van der Waals surface area contributed by atoms with Crippen molar-refractivity contribution in [3.63, 3.8) is 0 Å². The molecule has 0 radical (unpaired) electrons. The molecule has 0 aliphatic rings. The van der Waals surface area contributed by atoms with E-state index in [1.807, 2.05) is 0 Å². The van der Waals surface area contributed by atoms with Crippen LogP contribution < -0.4 is 10.9 Å². The zero-order valence-electron chi connectivity index (χ0n) is 28.2. The third-order valence-electron chi connectivity index (χ3n) is 8.68. The number of unbranched alkanes of at least 4 members (excludes halogenated alkanes) is 1. The van der Waals surface area contributed by atoms with Crippen LogP contribution in [0.25, 0.3) is 15.2 Å². The molecule has 0 bridgehead atoms. The van der Waals surface area contributed by atoms with Gasteiger partial charge in [0.25, 0.3) is 12.7 Å². The van der Waals surface area contributed by atoms with Crippen molar-refractivity contribution >= 4 is 39.2 Å². The summed E-state index contributed by atoms with van der Waals surface area (Å²) in [6.07, 6.45) is -5.61. The predicted octanol–water partition coefficient (Wildman–Crippen LogP) is 11.0. The van der Waals surface area contributed by atoms with E-state index >= 15 is 52.7 Å². The fourth-order valence-corrected chi connectivity index (χ4v) is 7.31. The molecule has 1 nitrogen and oxygen atoms in total. The second-order valence-electron chi connectivity index (χ2n) is 12.0. The van der Waals surface area contributed by atoms with Gasteiger partial charge in [0.15, 0.2) is 58.2 Å². The van der Waals surface area contributed by atoms with Crippen molar-refractivity contribution in [2.24, 2.45) is 0 Å². The van der Waals surface area contributed by atoms with Gasteiger partial charge >= 0.3 is 0 Å². The van der Waals surface area contributed by atoms with Crippen molar-refractivity contribution in [3.05, 3.63) is 169 Å². The molecule has 0 atom stereocenters. The highest BCUT2D eigenvalue weighted by molar-refractivity contribution is 8.08.